The van der Waals surface area contributed by atoms with Gasteiger partial charge in [-0.05, 0) is 40.0 Å². The van der Waals surface area contributed by atoms with Crippen LogP contribution in [0.15, 0.2) is 46.3 Å². The highest BCUT2D eigenvalue weighted by atomic mass is 79.9. The van der Waals surface area contributed by atoms with Crippen molar-refractivity contribution in [2.75, 3.05) is 0 Å². The van der Waals surface area contributed by atoms with Crippen LogP contribution in [0.3, 0.4) is 0 Å². The van der Waals surface area contributed by atoms with E-state index in [-0.39, 0.29) is 5.92 Å². The van der Waals surface area contributed by atoms with Crippen molar-refractivity contribution in [3.05, 3.63) is 56.7 Å². The summed E-state index contributed by atoms with van der Waals surface area (Å²) in [7, 11) is 0. The molecule has 1 heterocycles. The lowest BCUT2D eigenvalue weighted by Crippen LogP contribution is -2.08. The number of aliphatic hydroxyl groups excluding tert-OH is 1. The van der Waals surface area contributed by atoms with E-state index in [9.17, 15) is 5.11 Å². The molecule has 0 bridgehead atoms. The van der Waals surface area contributed by atoms with Crippen molar-refractivity contribution in [2.24, 2.45) is 0 Å². The number of rotatable bonds is 4. The summed E-state index contributed by atoms with van der Waals surface area (Å²) >= 11 is 5.04. The molecule has 0 saturated heterocycles. The summed E-state index contributed by atoms with van der Waals surface area (Å²) in [4.78, 5) is 1.02. The number of benzene rings is 1. The summed E-state index contributed by atoms with van der Waals surface area (Å²) in [6, 6.07) is 14.2. The zero-order valence-electron chi connectivity index (χ0n) is 9.64. The third-order valence-corrected chi connectivity index (χ3v) is 4.63. The van der Waals surface area contributed by atoms with E-state index in [0.29, 0.717) is 0 Å². The smallest absolute Gasteiger partial charge is 0.0950 e. The van der Waals surface area contributed by atoms with Gasteiger partial charge in [-0.3, -0.25) is 0 Å². The van der Waals surface area contributed by atoms with E-state index in [4.69, 9.17) is 0 Å². The maximum Gasteiger partial charge on any atom is 0.0950 e. The lowest BCUT2D eigenvalue weighted by Gasteiger charge is -2.21. The van der Waals surface area contributed by atoms with E-state index in [1.54, 1.807) is 11.3 Å². The fraction of sp³-hybridized carbons (Fsp3) is 0.286. The van der Waals surface area contributed by atoms with Crippen LogP contribution >= 0.6 is 27.3 Å². The highest BCUT2D eigenvalue weighted by Crippen LogP contribution is 2.37. The Labute approximate surface area is 114 Å². The summed E-state index contributed by atoms with van der Waals surface area (Å²) in [5.74, 6) is 0.168. The lowest BCUT2D eigenvalue weighted by atomic mass is 9.90. The first-order valence-corrected chi connectivity index (χ1v) is 7.31. The van der Waals surface area contributed by atoms with Gasteiger partial charge >= 0.3 is 0 Å². The Balaban J connectivity index is 2.25. The highest BCUT2D eigenvalue weighted by Gasteiger charge is 2.22. The van der Waals surface area contributed by atoms with E-state index < -0.39 is 6.10 Å². The van der Waals surface area contributed by atoms with Crippen LogP contribution in [0.5, 0.6) is 0 Å². The van der Waals surface area contributed by atoms with Gasteiger partial charge < -0.3 is 5.11 Å². The van der Waals surface area contributed by atoms with Crippen LogP contribution in [0.1, 0.15) is 35.8 Å². The van der Waals surface area contributed by atoms with Crippen molar-refractivity contribution >= 4 is 27.3 Å². The van der Waals surface area contributed by atoms with Crippen LogP contribution < -0.4 is 0 Å². The van der Waals surface area contributed by atoms with Crippen molar-refractivity contribution < 1.29 is 5.11 Å². The Kier molecular flexibility index (Phi) is 4.37. The van der Waals surface area contributed by atoms with Crippen molar-refractivity contribution in [3.8, 4) is 0 Å². The minimum atomic E-state index is -0.418. The standard InChI is InChI=1S/C14H15BrOS/c1-2-11(10-6-4-3-5-7-10)14(16)12-8-9-13(15)17-12/h3-9,11,14,16H,2H2,1H3. The molecule has 17 heavy (non-hydrogen) atoms. The third kappa shape index (κ3) is 2.97. The van der Waals surface area contributed by atoms with Crippen LogP contribution in [-0.2, 0) is 0 Å². The molecule has 0 aliphatic carbocycles. The van der Waals surface area contributed by atoms with Crippen LogP contribution in [-0.4, -0.2) is 5.11 Å². The van der Waals surface area contributed by atoms with Crippen molar-refractivity contribution in [2.45, 2.75) is 25.4 Å². The zero-order valence-corrected chi connectivity index (χ0v) is 12.0. The molecular formula is C14H15BrOS. The first kappa shape index (κ1) is 12.8. The SMILES string of the molecule is CCC(c1ccccc1)C(O)c1ccc(Br)s1. The predicted octanol–water partition coefficient (Wildman–Crippen LogP) is 4.74. The third-order valence-electron chi connectivity index (χ3n) is 2.93. The number of halogens is 1. The molecule has 2 atom stereocenters. The maximum absolute atomic E-state index is 10.4. The van der Waals surface area contributed by atoms with Gasteiger partial charge in [0.25, 0.3) is 0 Å². The van der Waals surface area contributed by atoms with Gasteiger partial charge in [0.2, 0.25) is 0 Å². The zero-order chi connectivity index (χ0) is 12.3. The lowest BCUT2D eigenvalue weighted by molar-refractivity contribution is 0.146. The molecule has 0 amide bonds. The second kappa shape index (κ2) is 5.80. The number of hydrogen-bond acceptors (Lipinski definition) is 2. The molecule has 3 heteroatoms. The molecule has 0 fully saturated rings. The van der Waals surface area contributed by atoms with E-state index in [1.807, 2.05) is 30.3 Å². The molecule has 1 N–H and O–H groups in total. The van der Waals surface area contributed by atoms with Crippen molar-refractivity contribution in [1.29, 1.82) is 0 Å². The highest BCUT2D eigenvalue weighted by molar-refractivity contribution is 9.11. The summed E-state index contributed by atoms with van der Waals surface area (Å²) in [6.45, 7) is 2.11. The topological polar surface area (TPSA) is 20.2 Å². The first-order chi connectivity index (χ1) is 8.22. The first-order valence-electron chi connectivity index (χ1n) is 5.70. The molecule has 2 unspecified atom stereocenters. The van der Waals surface area contributed by atoms with Gasteiger partial charge in [-0.1, -0.05) is 37.3 Å². The van der Waals surface area contributed by atoms with Crippen LogP contribution in [0.25, 0.3) is 0 Å². The normalized spacial score (nSPS) is 14.5. The molecule has 1 nitrogen and oxygen atoms in total. The minimum Gasteiger partial charge on any atom is -0.387 e. The Bertz CT molecular complexity index is 466. The van der Waals surface area contributed by atoms with Gasteiger partial charge in [0.1, 0.15) is 0 Å². The van der Waals surface area contributed by atoms with Gasteiger partial charge in [-0.2, -0.15) is 0 Å². The van der Waals surface area contributed by atoms with E-state index in [1.165, 1.54) is 5.56 Å². The molecular weight excluding hydrogens is 296 g/mol. The number of hydrogen-bond donors (Lipinski definition) is 1. The number of aliphatic hydroxyl groups is 1. The molecule has 0 radical (unpaired) electrons. The van der Waals surface area contributed by atoms with Crippen LogP contribution in [0.2, 0.25) is 0 Å². The Morgan fingerprint density at radius 2 is 1.88 bits per heavy atom. The van der Waals surface area contributed by atoms with Crippen LogP contribution in [0, 0.1) is 0 Å². The Morgan fingerprint density at radius 1 is 1.18 bits per heavy atom. The summed E-state index contributed by atoms with van der Waals surface area (Å²) in [6.07, 6.45) is 0.513. The average Bonchev–Trinajstić information content (AvgIpc) is 2.78. The fourth-order valence-corrected chi connectivity index (χ4v) is 3.50. The monoisotopic (exact) mass is 310 g/mol. The molecule has 0 aliphatic rings. The van der Waals surface area contributed by atoms with Gasteiger partial charge in [0.15, 0.2) is 0 Å². The summed E-state index contributed by atoms with van der Waals surface area (Å²) in [5.41, 5.74) is 1.20. The summed E-state index contributed by atoms with van der Waals surface area (Å²) in [5, 5.41) is 10.4. The van der Waals surface area contributed by atoms with E-state index >= 15 is 0 Å². The van der Waals surface area contributed by atoms with E-state index in [2.05, 4.69) is 35.0 Å². The molecule has 1 aromatic carbocycles. The predicted molar refractivity (Wildman–Crippen MR) is 76.5 cm³/mol. The minimum absolute atomic E-state index is 0.168. The van der Waals surface area contributed by atoms with Crippen LogP contribution in [0.4, 0.5) is 0 Å². The molecule has 0 aliphatic heterocycles. The summed E-state index contributed by atoms with van der Waals surface area (Å²) < 4.78 is 1.06. The van der Waals surface area contributed by atoms with Crippen molar-refractivity contribution in [3.63, 3.8) is 0 Å². The van der Waals surface area contributed by atoms with Gasteiger partial charge in [0, 0.05) is 10.8 Å². The number of thiophene rings is 1. The van der Waals surface area contributed by atoms with E-state index in [0.717, 1.165) is 15.1 Å². The largest absolute Gasteiger partial charge is 0.387 e. The second-order valence-corrected chi connectivity index (χ2v) is 6.51. The quantitative estimate of drug-likeness (QED) is 0.865. The molecule has 0 saturated carbocycles. The fourth-order valence-electron chi connectivity index (χ4n) is 2.03. The molecule has 1 aromatic heterocycles. The molecule has 0 spiro atoms. The Morgan fingerprint density at radius 3 is 2.41 bits per heavy atom. The van der Waals surface area contributed by atoms with Gasteiger partial charge in [0.05, 0.1) is 9.89 Å². The van der Waals surface area contributed by atoms with Gasteiger partial charge in [-0.25, -0.2) is 0 Å². The molecule has 2 aromatic rings. The van der Waals surface area contributed by atoms with Gasteiger partial charge in [-0.15, -0.1) is 11.3 Å². The average molecular weight is 311 g/mol. The maximum atomic E-state index is 10.4. The molecule has 90 valence electrons. The molecule has 2 rings (SSSR count). The Hall–Kier alpha value is -0.640. The second-order valence-electron chi connectivity index (χ2n) is 4.01. The van der Waals surface area contributed by atoms with Crippen molar-refractivity contribution in [1.82, 2.24) is 0 Å².